The van der Waals surface area contributed by atoms with Crippen molar-refractivity contribution in [2.45, 2.75) is 31.7 Å². The molecule has 2 atom stereocenters. The van der Waals surface area contributed by atoms with Crippen molar-refractivity contribution in [2.24, 2.45) is 11.8 Å². The van der Waals surface area contributed by atoms with E-state index < -0.39 is 0 Å². The van der Waals surface area contributed by atoms with Crippen LogP contribution in [-0.4, -0.2) is 6.04 Å². The quantitative estimate of drug-likeness (QED) is 0.721. The highest BCUT2D eigenvalue weighted by molar-refractivity contribution is 14.1. The van der Waals surface area contributed by atoms with Gasteiger partial charge in [0.05, 0.1) is 0 Å². The minimum absolute atomic E-state index is 0.635. The molecule has 0 radical (unpaired) electrons. The van der Waals surface area contributed by atoms with E-state index in [0.717, 1.165) is 11.8 Å². The molecule has 2 aromatic rings. The largest absolute Gasteiger partial charge is 0.382 e. The van der Waals surface area contributed by atoms with Crippen molar-refractivity contribution in [1.29, 1.82) is 0 Å². The Kier molecular flexibility index (Phi) is 3.66. The summed E-state index contributed by atoms with van der Waals surface area (Å²) in [6.45, 7) is 0. The number of anilines is 1. The second kappa shape index (κ2) is 5.64. The second-order valence-electron chi connectivity index (χ2n) is 6.45. The lowest BCUT2D eigenvalue weighted by Crippen LogP contribution is -2.30. The highest BCUT2D eigenvalue weighted by Crippen LogP contribution is 2.41. The van der Waals surface area contributed by atoms with Crippen LogP contribution in [0.3, 0.4) is 0 Å². The Balaban J connectivity index is 1.60. The number of rotatable bonds is 2. The molecular formula is C19H20IN. The molecule has 1 nitrogen and oxygen atoms in total. The normalized spacial score (nSPS) is 27.0. The van der Waals surface area contributed by atoms with Crippen molar-refractivity contribution in [1.82, 2.24) is 0 Å². The minimum Gasteiger partial charge on any atom is -0.382 e. The van der Waals surface area contributed by atoms with E-state index in [9.17, 15) is 0 Å². The zero-order valence-corrected chi connectivity index (χ0v) is 14.2. The third-order valence-electron chi connectivity index (χ3n) is 5.16. The van der Waals surface area contributed by atoms with Crippen molar-refractivity contribution in [3.63, 3.8) is 0 Å². The standard InChI is InChI=1S/C19H20IN/c20-17-6-3-7-18(12-17)21-19-15-8-9-16(19)11-14-5-2-1-4-13(14)10-15/h1-7,12,15-16,19,21H,8-11H2. The van der Waals surface area contributed by atoms with Crippen LogP contribution in [-0.2, 0) is 12.8 Å². The fourth-order valence-electron chi connectivity index (χ4n) is 4.16. The molecule has 2 aliphatic rings. The lowest BCUT2D eigenvalue weighted by Gasteiger charge is -2.25. The van der Waals surface area contributed by atoms with Gasteiger partial charge in [0.15, 0.2) is 0 Å². The first-order valence-corrected chi connectivity index (χ1v) is 8.96. The van der Waals surface area contributed by atoms with Crippen molar-refractivity contribution in [2.75, 3.05) is 5.32 Å². The van der Waals surface area contributed by atoms with Crippen LogP contribution in [0.2, 0.25) is 0 Å². The van der Waals surface area contributed by atoms with E-state index in [0.29, 0.717) is 6.04 Å². The summed E-state index contributed by atoms with van der Waals surface area (Å²) in [6, 6.07) is 18.5. The van der Waals surface area contributed by atoms with Crippen molar-refractivity contribution in [3.8, 4) is 0 Å². The first kappa shape index (κ1) is 13.6. The Bertz CT molecular complexity index is 619. The maximum absolute atomic E-state index is 3.85. The van der Waals surface area contributed by atoms with Gasteiger partial charge >= 0.3 is 0 Å². The van der Waals surface area contributed by atoms with Gasteiger partial charge in [-0.15, -0.1) is 0 Å². The van der Waals surface area contributed by atoms with Crippen LogP contribution in [0.5, 0.6) is 0 Å². The van der Waals surface area contributed by atoms with Gasteiger partial charge in [-0.3, -0.25) is 0 Å². The summed E-state index contributed by atoms with van der Waals surface area (Å²) in [7, 11) is 0. The van der Waals surface area contributed by atoms with E-state index in [2.05, 4.69) is 76.4 Å². The number of hydrogen-bond acceptors (Lipinski definition) is 1. The van der Waals surface area contributed by atoms with Gasteiger partial charge in [0.25, 0.3) is 0 Å². The number of benzene rings is 2. The van der Waals surface area contributed by atoms with E-state index in [1.165, 1.54) is 34.9 Å². The van der Waals surface area contributed by atoms with Gasteiger partial charge in [-0.1, -0.05) is 30.3 Å². The molecule has 2 aliphatic carbocycles. The minimum atomic E-state index is 0.635. The third-order valence-corrected chi connectivity index (χ3v) is 5.84. The molecule has 0 amide bonds. The lowest BCUT2D eigenvalue weighted by atomic mass is 9.94. The molecule has 1 saturated carbocycles. The molecule has 2 aromatic carbocycles. The van der Waals surface area contributed by atoms with Gasteiger partial charge < -0.3 is 5.32 Å². The molecule has 0 aromatic heterocycles. The van der Waals surface area contributed by atoms with Crippen LogP contribution in [0.1, 0.15) is 24.0 Å². The molecule has 2 heteroatoms. The summed E-state index contributed by atoms with van der Waals surface area (Å²) in [5, 5.41) is 3.85. The molecule has 0 saturated heterocycles. The first-order valence-electron chi connectivity index (χ1n) is 7.88. The SMILES string of the molecule is Ic1cccc(NC2C3CCC2Cc2ccccc2C3)c1. The monoisotopic (exact) mass is 389 g/mol. The number of nitrogens with one attached hydrogen (secondary N) is 1. The molecule has 0 spiro atoms. The predicted molar refractivity (Wildman–Crippen MR) is 96.6 cm³/mol. The number of fused-ring (bicyclic) bond motifs is 3. The van der Waals surface area contributed by atoms with Gasteiger partial charge in [0.2, 0.25) is 0 Å². The van der Waals surface area contributed by atoms with Gasteiger partial charge in [0, 0.05) is 15.3 Å². The van der Waals surface area contributed by atoms with Gasteiger partial charge in [-0.05, 0) is 89.4 Å². The average molecular weight is 389 g/mol. The average Bonchev–Trinajstić information content (AvgIpc) is 2.75. The summed E-state index contributed by atoms with van der Waals surface area (Å²) >= 11 is 2.39. The maximum Gasteiger partial charge on any atom is 0.0353 e. The summed E-state index contributed by atoms with van der Waals surface area (Å²) in [5.41, 5.74) is 4.45. The van der Waals surface area contributed by atoms with Crippen LogP contribution >= 0.6 is 22.6 Å². The zero-order valence-electron chi connectivity index (χ0n) is 12.1. The summed E-state index contributed by atoms with van der Waals surface area (Å²) in [5.74, 6) is 1.58. The lowest BCUT2D eigenvalue weighted by molar-refractivity contribution is 0.450. The topological polar surface area (TPSA) is 12.0 Å². The molecule has 21 heavy (non-hydrogen) atoms. The van der Waals surface area contributed by atoms with Crippen LogP contribution in [0, 0.1) is 15.4 Å². The zero-order chi connectivity index (χ0) is 14.2. The highest BCUT2D eigenvalue weighted by atomic mass is 127. The third kappa shape index (κ3) is 2.70. The summed E-state index contributed by atoms with van der Waals surface area (Å²) < 4.78 is 1.31. The van der Waals surface area contributed by atoms with E-state index in [1.54, 1.807) is 11.1 Å². The number of hydrogen-bond donors (Lipinski definition) is 1. The fraction of sp³-hybridized carbons (Fsp3) is 0.368. The van der Waals surface area contributed by atoms with E-state index in [1.807, 2.05) is 0 Å². The Morgan fingerprint density at radius 1 is 0.857 bits per heavy atom. The molecule has 4 rings (SSSR count). The molecule has 2 bridgehead atoms. The summed E-state index contributed by atoms with van der Waals surface area (Å²) in [4.78, 5) is 0. The Hall–Kier alpha value is -1.03. The van der Waals surface area contributed by atoms with Crippen LogP contribution in [0.25, 0.3) is 0 Å². The molecule has 1 fully saturated rings. The molecule has 2 unspecified atom stereocenters. The Morgan fingerprint density at radius 3 is 2.14 bits per heavy atom. The van der Waals surface area contributed by atoms with Gasteiger partial charge in [-0.2, -0.15) is 0 Å². The van der Waals surface area contributed by atoms with Crippen molar-refractivity contribution >= 4 is 28.3 Å². The summed E-state index contributed by atoms with van der Waals surface area (Å²) in [6.07, 6.45) is 5.24. The van der Waals surface area contributed by atoms with Crippen molar-refractivity contribution in [3.05, 3.63) is 63.2 Å². The van der Waals surface area contributed by atoms with Crippen LogP contribution in [0.15, 0.2) is 48.5 Å². The van der Waals surface area contributed by atoms with Crippen LogP contribution in [0.4, 0.5) is 5.69 Å². The van der Waals surface area contributed by atoms with Gasteiger partial charge in [0.1, 0.15) is 0 Å². The molecule has 108 valence electrons. The Labute approximate surface area is 140 Å². The van der Waals surface area contributed by atoms with E-state index >= 15 is 0 Å². The maximum atomic E-state index is 3.85. The smallest absolute Gasteiger partial charge is 0.0353 e. The van der Waals surface area contributed by atoms with Crippen molar-refractivity contribution < 1.29 is 0 Å². The van der Waals surface area contributed by atoms with Gasteiger partial charge in [-0.25, -0.2) is 0 Å². The molecule has 0 heterocycles. The van der Waals surface area contributed by atoms with E-state index in [-0.39, 0.29) is 0 Å². The predicted octanol–water partition coefficient (Wildman–Crippen LogP) is 4.90. The number of halogens is 1. The van der Waals surface area contributed by atoms with E-state index in [4.69, 9.17) is 0 Å². The Morgan fingerprint density at radius 2 is 1.52 bits per heavy atom. The second-order valence-corrected chi connectivity index (χ2v) is 7.70. The molecule has 0 aliphatic heterocycles. The highest BCUT2D eigenvalue weighted by Gasteiger charge is 2.38. The molecular weight excluding hydrogens is 369 g/mol. The first-order chi connectivity index (χ1) is 10.3. The molecule has 1 N–H and O–H groups in total. The van der Waals surface area contributed by atoms with Crippen LogP contribution < -0.4 is 5.32 Å². The fourth-order valence-corrected chi connectivity index (χ4v) is 4.70.